The lowest BCUT2D eigenvalue weighted by Gasteiger charge is -2.39. The number of carbonyl (C=O) groups excluding carboxylic acids is 1. The summed E-state index contributed by atoms with van der Waals surface area (Å²) in [5, 5.41) is 6.97. The first-order valence-electron chi connectivity index (χ1n) is 10.9. The first-order chi connectivity index (χ1) is 16.3. The Hall–Kier alpha value is -2.70. The van der Waals surface area contributed by atoms with E-state index in [1.54, 1.807) is 6.92 Å². The molecule has 1 aliphatic heterocycles. The third kappa shape index (κ3) is 5.14. The van der Waals surface area contributed by atoms with Gasteiger partial charge in [0.1, 0.15) is 17.6 Å². The third-order valence-electron chi connectivity index (χ3n) is 6.34. The number of fused-ring (bicyclic) bond motifs is 1. The summed E-state index contributed by atoms with van der Waals surface area (Å²) in [6, 6.07) is 1.61. The van der Waals surface area contributed by atoms with Crippen molar-refractivity contribution in [2.75, 3.05) is 11.5 Å². The van der Waals surface area contributed by atoms with Gasteiger partial charge in [-0.1, -0.05) is 0 Å². The average molecular weight is 522 g/mol. The predicted molar refractivity (Wildman–Crippen MR) is 116 cm³/mol. The molecule has 1 aliphatic carbocycles. The van der Waals surface area contributed by atoms with Crippen molar-refractivity contribution < 1.29 is 39.9 Å². The second-order valence-electron chi connectivity index (χ2n) is 9.34. The second-order valence-corrected chi connectivity index (χ2v) is 11.4. The number of alkyl halides is 4. The van der Waals surface area contributed by atoms with Crippen LogP contribution in [0.4, 0.5) is 22.0 Å². The number of nitrogens with zero attached hydrogens (tertiary/aromatic N) is 2. The van der Waals surface area contributed by atoms with Crippen molar-refractivity contribution in [3.63, 3.8) is 0 Å². The lowest BCUT2D eigenvalue weighted by molar-refractivity contribution is -0.126. The van der Waals surface area contributed by atoms with Crippen LogP contribution in [-0.2, 0) is 27.5 Å². The molecule has 4 rings (SSSR count). The van der Waals surface area contributed by atoms with Crippen LogP contribution >= 0.6 is 0 Å². The van der Waals surface area contributed by atoms with E-state index in [9.17, 15) is 35.2 Å². The highest BCUT2D eigenvalue weighted by molar-refractivity contribution is 7.93. The van der Waals surface area contributed by atoms with Gasteiger partial charge in [0.05, 0.1) is 22.7 Å². The highest BCUT2D eigenvalue weighted by atomic mass is 32.2. The van der Waals surface area contributed by atoms with E-state index in [0.29, 0.717) is 11.3 Å². The number of aromatic nitrogens is 2. The summed E-state index contributed by atoms with van der Waals surface area (Å²) in [6.07, 6.45) is -2.28. The number of benzene rings is 1. The Kier molecular flexibility index (Phi) is 6.58. The van der Waals surface area contributed by atoms with Crippen molar-refractivity contribution in [3.05, 3.63) is 35.3 Å². The minimum absolute atomic E-state index is 0.0284. The average Bonchev–Trinajstić information content (AvgIpc) is 3.11. The number of halogens is 5. The molecule has 0 radical (unpaired) electrons. The number of hydrogen-bond acceptors (Lipinski definition) is 5. The van der Waals surface area contributed by atoms with Crippen LogP contribution in [-0.4, -0.2) is 54.2 Å². The molecule has 1 aromatic heterocycles. The van der Waals surface area contributed by atoms with Crippen molar-refractivity contribution in [2.24, 2.45) is 5.92 Å². The summed E-state index contributed by atoms with van der Waals surface area (Å²) in [5.41, 5.74) is -0.251. The van der Waals surface area contributed by atoms with Crippen LogP contribution < -0.4 is 10.1 Å². The van der Waals surface area contributed by atoms with E-state index in [0.717, 1.165) is 22.9 Å². The van der Waals surface area contributed by atoms with Crippen LogP contribution in [0.2, 0.25) is 0 Å². The fourth-order valence-electron chi connectivity index (χ4n) is 4.78. The fraction of sp³-hybridized carbons (Fsp3) is 0.545. The van der Waals surface area contributed by atoms with Crippen molar-refractivity contribution >= 4 is 15.7 Å². The molecule has 1 N–H and O–H groups in total. The second kappa shape index (κ2) is 9.07. The molecule has 2 atom stereocenters. The summed E-state index contributed by atoms with van der Waals surface area (Å²) in [6.45, 7) is -0.276. The van der Waals surface area contributed by atoms with Gasteiger partial charge in [0.2, 0.25) is 5.91 Å². The summed E-state index contributed by atoms with van der Waals surface area (Å²) in [7, 11) is -3.19. The topological polar surface area (TPSA) is 90.3 Å². The Morgan fingerprint density at radius 1 is 1.26 bits per heavy atom. The van der Waals surface area contributed by atoms with Crippen LogP contribution in [0.15, 0.2) is 18.2 Å². The maximum absolute atomic E-state index is 14.7. The molecule has 2 heterocycles. The van der Waals surface area contributed by atoms with Gasteiger partial charge >= 0.3 is 6.61 Å². The number of sulfone groups is 1. The highest BCUT2D eigenvalue weighted by Gasteiger charge is 2.47. The van der Waals surface area contributed by atoms with Crippen molar-refractivity contribution in [1.29, 1.82) is 0 Å². The van der Waals surface area contributed by atoms with Crippen LogP contribution in [0.1, 0.15) is 37.6 Å². The van der Waals surface area contributed by atoms with Gasteiger partial charge in [-0.3, -0.25) is 9.48 Å². The van der Waals surface area contributed by atoms with Gasteiger partial charge in [-0.15, -0.1) is 0 Å². The quantitative estimate of drug-likeness (QED) is 0.564. The van der Waals surface area contributed by atoms with Gasteiger partial charge in [-0.2, -0.15) is 13.9 Å². The third-order valence-corrected chi connectivity index (χ3v) is 8.50. The van der Waals surface area contributed by atoms with Gasteiger partial charge in [0.15, 0.2) is 9.84 Å². The number of carbonyl (C=O) groups is 1. The van der Waals surface area contributed by atoms with E-state index in [1.807, 2.05) is 0 Å². The zero-order chi connectivity index (χ0) is 25.7. The first-order valence-corrected chi connectivity index (χ1v) is 12.8. The molecule has 1 saturated heterocycles. The lowest BCUT2D eigenvalue weighted by atomic mass is 9.84. The van der Waals surface area contributed by atoms with E-state index >= 15 is 0 Å². The number of hydrogen-bond donors (Lipinski definition) is 1. The van der Waals surface area contributed by atoms with E-state index in [-0.39, 0.29) is 47.8 Å². The molecule has 0 unspecified atom stereocenters. The Balaban J connectivity index is 1.67. The van der Waals surface area contributed by atoms with E-state index in [1.165, 1.54) is 6.92 Å². The molecule has 192 valence electrons. The van der Waals surface area contributed by atoms with Crippen molar-refractivity contribution in [2.45, 2.75) is 57.7 Å². The molecule has 2 aliphatic rings. The molecule has 2 aromatic rings. The van der Waals surface area contributed by atoms with Gasteiger partial charge < -0.3 is 10.1 Å². The van der Waals surface area contributed by atoms with Crippen LogP contribution in [0.25, 0.3) is 11.3 Å². The molecule has 0 saturated carbocycles. The molecular weight excluding hydrogens is 497 g/mol. The molecular formula is C22H24F5N3O4S. The molecule has 1 aromatic carbocycles. The standard InChI is InChI=1S/C22H24F5N3O4S/c1-11(19(24)25)30-17-7-12(20(31)28-22(2)9-35(32,33)10-22)3-5-14(17)18(29-30)15-8-13(34-21(26)27)4-6-16(15)23/h4,6,8,11-12,19,21H,3,5,7,9-10H2,1-2H3,(H,28,31)/t11-,12-/m1/s1. The summed E-state index contributed by atoms with van der Waals surface area (Å²) < 4.78 is 95.7. The van der Waals surface area contributed by atoms with E-state index in [4.69, 9.17) is 0 Å². The molecule has 7 nitrogen and oxygen atoms in total. The number of ether oxygens (including phenoxy) is 1. The molecule has 35 heavy (non-hydrogen) atoms. The zero-order valence-electron chi connectivity index (χ0n) is 18.9. The minimum Gasteiger partial charge on any atom is -0.435 e. The minimum atomic E-state index is -3.19. The van der Waals surface area contributed by atoms with E-state index in [2.05, 4.69) is 15.2 Å². The summed E-state index contributed by atoms with van der Waals surface area (Å²) in [5.74, 6) is -2.48. The van der Waals surface area contributed by atoms with Gasteiger partial charge in [0.25, 0.3) is 6.43 Å². The Bertz CT molecular complexity index is 1240. The SMILES string of the molecule is C[C@H](C(F)F)n1nc(-c2cc(OC(F)F)ccc2F)c2c1C[C@H](C(=O)NC1(C)CS(=O)(=O)C1)CC2. The maximum Gasteiger partial charge on any atom is 0.387 e. The summed E-state index contributed by atoms with van der Waals surface area (Å²) >= 11 is 0. The molecule has 0 bridgehead atoms. The normalized spacial score (nSPS) is 21.3. The first kappa shape index (κ1) is 25.4. The molecule has 0 spiro atoms. The van der Waals surface area contributed by atoms with Gasteiger partial charge in [0, 0.05) is 29.2 Å². The van der Waals surface area contributed by atoms with Crippen LogP contribution in [0.5, 0.6) is 5.75 Å². The van der Waals surface area contributed by atoms with Crippen molar-refractivity contribution in [3.8, 4) is 17.0 Å². The Labute approximate surface area is 198 Å². The van der Waals surface area contributed by atoms with E-state index < -0.39 is 52.1 Å². The fourth-order valence-corrected chi connectivity index (χ4v) is 6.78. The van der Waals surface area contributed by atoms with Gasteiger partial charge in [-0.25, -0.2) is 21.6 Å². The van der Waals surface area contributed by atoms with Crippen molar-refractivity contribution in [1.82, 2.24) is 15.1 Å². The van der Waals surface area contributed by atoms with Crippen LogP contribution in [0.3, 0.4) is 0 Å². The number of nitrogens with one attached hydrogen (secondary N) is 1. The molecule has 13 heteroatoms. The summed E-state index contributed by atoms with van der Waals surface area (Å²) in [4.78, 5) is 12.9. The zero-order valence-corrected chi connectivity index (χ0v) is 19.7. The monoisotopic (exact) mass is 521 g/mol. The maximum atomic E-state index is 14.7. The largest absolute Gasteiger partial charge is 0.435 e. The molecule has 1 amide bonds. The lowest BCUT2D eigenvalue weighted by Crippen LogP contribution is -2.64. The Morgan fingerprint density at radius 3 is 2.54 bits per heavy atom. The number of amides is 1. The smallest absolute Gasteiger partial charge is 0.387 e. The Morgan fingerprint density at radius 2 is 1.94 bits per heavy atom. The highest BCUT2D eigenvalue weighted by Crippen LogP contribution is 2.38. The van der Waals surface area contributed by atoms with Crippen LogP contribution in [0, 0.1) is 11.7 Å². The molecule has 1 fully saturated rings. The predicted octanol–water partition coefficient (Wildman–Crippen LogP) is 3.52. The number of rotatable bonds is 7. The van der Waals surface area contributed by atoms with Gasteiger partial charge in [-0.05, 0) is 44.9 Å².